The van der Waals surface area contributed by atoms with E-state index in [0.717, 1.165) is 9.78 Å². The summed E-state index contributed by atoms with van der Waals surface area (Å²) in [5.74, 6) is -0.521. The van der Waals surface area contributed by atoms with Crippen molar-refractivity contribution in [3.8, 4) is 0 Å². The van der Waals surface area contributed by atoms with E-state index in [4.69, 9.17) is 5.11 Å². The molecule has 0 aliphatic heterocycles. The number of alkyl halides is 2. The Kier molecular flexibility index (Phi) is 5.79. The molecule has 0 unspecified atom stereocenters. The molecule has 1 aromatic rings. The van der Waals surface area contributed by atoms with Crippen molar-refractivity contribution in [3.05, 3.63) is 28.5 Å². The molecule has 0 saturated heterocycles. The van der Waals surface area contributed by atoms with Gasteiger partial charge in [0.05, 0.1) is 13.2 Å². The van der Waals surface area contributed by atoms with Gasteiger partial charge in [-0.2, -0.15) is 0 Å². The van der Waals surface area contributed by atoms with Crippen LogP contribution in [0.1, 0.15) is 4.88 Å². The maximum Gasteiger partial charge on any atom is 0.255 e. The molecule has 0 saturated carbocycles. The highest BCUT2D eigenvalue weighted by atomic mass is 32.1. The van der Waals surface area contributed by atoms with E-state index >= 15 is 0 Å². The number of hydrogen-bond donors (Lipinski definition) is 1. The van der Waals surface area contributed by atoms with Crippen LogP contribution in [0.3, 0.4) is 0 Å². The summed E-state index contributed by atoms with van der Waals surface area (Å²) in [4.78, 5) is 13.4. The van der Waals surface area contributed by atoms with Gasteiger partial charge in [-0.3, -0.25) is 4.79 Å². The largest absolute Gasteiger partial charge is 0.395 e. The van der Waals surface area contributed by atoms with Crippen molar-refractivity contribution >= 4 is 23.3 Å². The van der Waals surface area contributed by atoms with Crippen molar-refractivity contribution in [1.82, 2.24) is 4.90 Å². The Labute approximate surface area is 102 Å². The molecule has 94 valence electrons. The number of nitrogens with zero attached hydrogens (tertiary/aromatic N) is 1. The van der Waals surface area contributed by atoms with E-state index < -0.39 is 18.9 Å². The molecular weight excluding hydrogens is 248 g/mol. The molecule has 0 radical (unpaired) electrons. The van der Waals surface area contributed by atoms with Crippen LogP contribution >= 0.6 is 11.3 Å². The van der Waals surface area contributed by atoms with Gasteiger partial charge in [-0.05, 0) is 17.5 Å². The van der Waals surface area contributed by atoms with Gasteiger partial charge < -0.3 is 10.0 Å². The Balaban J connectivity index is 2.58. The third-order valence-corrected chi connectivity index (χ3v) is 2.81. The van der Waals surface area contributed by atoms with Crippen LogP contribution in [0.2, 0.25) is 0 Å². The maximum atomic E-state index is 12.2. The molecule has 1 N–H and O–H groups in total. The molecule has 6 heteroatoms. The molecule has 1 rings (SSSR count). The van der Waals surface area contributed by atoms with E-state index in [2.05, 4.69) is 0 Å². The summed E-state index contributed by atoms with van der Waals surface area (Å²) in [6.07, 6.45) is 0.216. The van der Waals surface area contributed by atoms with Crippen LogP contribution in [0, 0.1) is 0 Å². The number of halogens is 2. The Morgan fingerprint density at radius 2 is 2.35 bits per heavy atom. The van der Waals surface area contributed by atoms with Crippen molar-refractivity contribution in [2.75, 3.05) is 19.7 Å². The molecule has 0 aliphatic rings. The summed E-state index contributed by atoms with van der Waals surface area (Å²) in [6.45, 7) is -1.07. The molecule has 0 aromatic carbocycles. The zero-order chi connectivity index (χ0) is 12.7. The molecule has 1 aromatic heterocycles. The number of aliphatic hydroxyl groups is 1. The third kappa shape index (κ3) is 5.06. The van der Waals surface area contributed by atoms with Gasteiger partial charge in [-0.1, -0.05) is 6.07 Å². The predicted molar refractivity (Wildman–Crippen MR) is 63.0 cm³/mol. The van der Waals surface area contributed by atoms with Crippen LogP contribution < -0.4 is 0 Å². The SMILES string of the molecule is O=C(/C=C/c1cccs1)N(CCO)CC(F)F. The third-order valence-electron chi connectivity index (χ3n) is 1.97. The topological polar surface area (TPSA) is 40.5 Å². The average Bonchev–Trinajstić information content (AvgIpc) is 2.77. The van der Waals surface area contributed by atoms with Gasteiger partial charge in [-0.15, -0.1) is 11.3 Å². The Bertz CT molecular complexity index is 366. The molecule has 0 fully saturated rings. The van der Waals surface area contributed by atoms with Crippen molar-refractivity contribution in [2.24, 2.45) is 0 Å². The number of rotatable bonds is 6. The second kappa shape index (κ2) is 7.13. The predicted octanol–water partition coefficient (Wildman–Crippen LogP) is 1.85. The Morgan fingerprint density at radius 1 is 1.59 bits per heavy atom. The van der Waals surface area contributed by atoms with Crippen molar-refractivity contribution in [3.63, 3.8) is 0 Å². The van der Waals surface area contributed by atoms with E-state index in [0.29, 0.717) is 0 Å². The van der Waals surface area contributed by atoms with Gasteiger partial charge >= 0.3 is 0 Å². The molecular formula is C11H13F2NO2S. The van der Waals surface area contributed by atoms with E-state index in [-0.39, 0.29) is 13.2 Å². The summed E-state index contributed by atoms with van der Waals surface area (Å²) in [7, 11) is 0. The minimum absolute atomic E-state index is 0.0854. The second-order valence-electron chi connectivity index (χ2n) is 3.25. The highest BCUT2D eigenvalue weighted by Crippen LogP contribution is 2.10. The first-order valence-electron chi connectivity index (χ1n) is 5.03. The normalized spacial score (nSPS) is 11.3. The quantitative estimate of drug-likeness (QED) is 0.794. The zero-order valence-electron chi connectivity index (χ0n) is 9.05. The number of hydrogen-bond acceptors (Lipinski definition) is 3. The van der Waals surface area contributed by atoms with Crippen LogP contribution in [-0.2, 0) is 4.79 Å². The fraction of sp³-hybridized carbons (Fsp3) is 0.364. The molecule has 0 bridgehead atoms. The first kappa shape index (κ1) is 13.8. The smallest absolute Gasteiger partial charge is 0.255 e. The molecule has 0 spiro atoms. The Hall–Kier alpha value is -1.27. The van der Waals surface area contributed by atoms with E-state index in [9.17, 15) is 13.6 Å². The van der Waals surface area contributed by atoms with Crippen molar-refractivity contribution in [2.45, 2.75) is 6.43 Å². The van der Waals surface area contributed by atoms with E-state index in [1.165, 1.54) is 17.4 Å². The first-order chi connectivity index (χ1) is 8.13. The molecule has 3 nitrogen and oxygen atoms in total. The van der Waals surface area contributed by atoms with Gasteiger partial charge in [0.15, 0.2) is 0 Å². The summed E-state index contributed by atoms with van der Waals surface area (Å²) in [6, 6.07) is 3.65. The van der Waals surface area contributed by atoms with Gasteiger partial charge in [0.25, 0.3) is 6.43 Å². The summed E-state index contributed by atoms with van der Waals surface area (Å²) in [5.41, 5.74) is 0. The van der Waals surface area contributed by atoms with Crippen LogP contribution in [0.25, 0.3) is 6.08 Å². The van der Waals surface area contributed by atoms with Crippen molar-refractivity contribution in [1.29, 1.82) is 0 Å². The lowest BCUT2D eigenvalue weighted by atomic mass is 10.3. The van der Waals surface area contributed by atoms with E-state index in [1.807, 2.05) is 17.5 Å². The average molecular weight is 261 g/mol. The minimum Gasteiger partial charge on any atom is -0.395 e. The summed E-state index contributed by atoms with van der Waals surface area (Å²) < 4.78 is 24.4. The van der Waals surface area contributed by atoms with Crippen LogP contribution in [-0.4, -0.2) is 42.0 Å². The van der Waals surface area contributed by atoms with Crippen molar-refractivity contribution < 1.29 is 18.7 Å². The number of aliphatic hydroxyl groups excluding tert-OH is 1. The fourth-order valence-electron chi connectivity index (χ4n) is 1.22. The monoisotopic (exact) mass is 261 g/mol. The highest BCUT2D eigenvalue weighted by Gasteiger charge is 2.15. The van der Waals surface area contributed by atoms with Crippen LogP contribution in [0.4, 0.5) is 8.78 Å². The molecule has 0 atom stereocenters. The minimum atomic E-state index is -2.60. The van der Waals surface area contributed by atoms with E-state index in [1.54, 1.807) is 6.08 Å². The second-order valence-corrected chi connectivity index (χ2v) is 4.23. The summed E-state index contributed by atoms with van der Waals surface area (Å²) >= 11 is 1.45. The number of amides is 1. The Morgan fingerprint density at radius 3 is 2.88 bits per heavy atom. The molecule has 1 heterocycles. The lowest BCUT2D eigenvalue weighted by Crippen LogP contribution is -2.36. The number of carbonyl (C=O) groups is 1. The fourth-order valence-corrected chi connectivity index (χ4v) is 1.84. The summed E-state index contributed by atoms with van der Waals surface area (Å²) in [5, 5.41) is 10.5. The highest BCUT2D eigenvalue weighted by molar-refractivity contribution is 7.10. The number of carbonyl (C=O) groups excluding carboxylic acids is 1. The lowest BCUT2D eigenvalue weighted by Gasteiger charge is -2.19. The van der Waals surface area contributed by atoms with Crippen LogP contribution in [0.15, 0.2) is 23.6 Å². The van der Waals surface area contributed by atoms with Gasteiger partial charge in [0.1, 0.15) is 0 Å². The number of thiophene rings is 1. The zero-order valence-corrected chi connectivity index (χ0v) is 9.87. The first-order valence-corrected chi connectivity index (χ1v) is 5.91. The van der Waals surface area contributed by atoms with Gasteiger partial charge in [0.2, 0.25) is 5.91 Å². The molecule has 0 aliphatic carbocycles. The standard InChI is InChI=1S/C11H13F2NO2S/c12-10(13)8-14(5-6-15)11(16)4-3-9-2-1-7-17-9/h1-4,7,10,15H,5-6,8H2/b4-3+. The molecule has 1 amide bonds. The van der Waals surface area contributed by atoms with Gasteiger partial charge in [0, 0.05) is 17.5 Å². The lowest BCUT2D eigenvalue weighted by molar-refractivity contribution is -0.128. The van der Waals surface area contributed by atoms with Gasteiger partial charge in [-0.25, -0.2) is 8.78 Å². The van der Waals surface area contributed by atoms with Crippen LogP contribution in [0.5, 0.6) is 0 Å². The molecule has 17 heavy (non-hydrogen) atoms. The maximum absolute atomic E-state index is 12.2.